The SMILES string of the molecule is COCCC1=C(OC2=C(CCOC)CCCCCCCCCC2)CCCCCCCCCC1. The van der Waals surface area contributed by atoms with Crippen LogP contribution in [0.15, 0.2) is 22.7 Å². The minimum atomic E-state index is 0.803. The molecule has 0 aromatic rings. The van der Waals surface area contributed by atoms with Crippen LogP contribution in [0.25, 0.3) is 0 Å². The summed E-state index contributed by atoms with van der Waals surface area (Å²) in [5.74, 6) is 2.59. The normalized spacial score (nSPS) is 21.5. The molecule has 0 atom stereocenters. The summed E-state index contributed by atoms with van der Waals surface area (Å²) in [6.07, 6.45) is 28.2. The van der Waals surface area contributed by atoms with E-state index in [1.807, 2.05) is 14.2 Å². The summed E-state index contributed by atoms with van der Waals surface area (Å²) in [7, 11) is 3.66. The first-order chi connectivity index (χ1) is 16.3. The lowest BCUT2D eigenvalue weighted by Crippen LogP contribution is -2.07. The number of ether oxygens (including phenoxy) is 3. The lowest BCUT2D eigenvalue weighted by atomic mass is 9.96. The minimum absolute atomic E-state index is 0.803. The molecule has 0 aromatic heterocycles. The Morgan fingerprint density at radius 1 is 0.424 bits per heavy atom. The first-order valence-electron chi connectivity index (χ1n) is 14.4. The van der Waals surface area contributed by atoms with Crippen LogP contribution in [-0.2, 0) is 14.2 Å². The Bertz CT molecular complexity index is 501. The van der Waals surface area contributed by atoms with Crippen molar-refractivity contribution in [1.29, 1.82) is 0 Å². The summed E-state index contributed by atoms with van der Waals surface area (Å²) in [5.41, 5.74) is 3.06. The first kappa shape index (κ1) is 28.4. The largest absolute Gasteiger partial charge is 0.466 e. The lowest BCUT2D eigenvalue weighted by Gasteiger charge is -2.23. The molecule has 0 aromatic carbocycles. The Hall–Kier alpha value is -0.800. The van der Waals surface area contributed by atoms with Gasteiger partial charge in [-0.1, -0.05) is 77.0 Å². The van der Waals surface area contributed by atoms with Crippen molar-refractivity contribution < 1.29 is 14.2 Å². The molecule has 192 valence electrons. The molecule has 0 radical (unpaired) electrons. The fraction of sp³-hybridized carbons (Fsp3) is 0.867. The molecule has 0 spiro atoms. The molecule has 0 N–H and O–H groups in total. The van der Waals surface area contributed by atoms with Gasteiger partial charge in [0, 0.05) is 27.1 Å². The summed E-state index contributed by atoms with van der Waals surface area (Å²) in [6, 6.07) is 0. The molecule has 0 unspecified atom stereocenters. The van der Waals surface area contributed by atoms with E-state index < -0.39 is 0 Å². The van der Waals surface area contributed by atoms with Crippen LogP contribution in [0, 0.1) is 0 Å². The van der Waals surface area contributed by atoms with Crippen LogP contribution in [0.5, 0.6) is 0 Å². The van der Waals surface area contributed by atoms with Gasteiger partial charge in [0.2, 0.25) is 0 Å². The smallest absolute Gasteiger partial charge is 0.103 e. The highest BCUT2D eigenvalue weighted by atomic mass is 16.5. The maximum Gasteiger partial charge on any atom is 0.103 e. The van der Waals surface area contributed by atoms with E-state index in [2.05, 4.69) is 0 Å². The molecule has 2 aliphatic carbocycles. The lowest BCUT2D eigenvalue weighted by molar-refractivity contribution is 0.192. The van der Waals surface area contributed by atoms with Crippen LogP contribution in [-0.4, -0.2) is 27.4 Å². The first-order valence-corrected chi connectivity index (χ1v) is 14.4. The van der Waals surface area contributed by atoms with Crippen molar-refractivity contribution in [3.8, 4) is 0 Å². The zero-order valence-electron chi connectivity index (χ0n) is 22.2. The van der Waals surface area contributed by atoms with Crippen molar-refractivity contribution in [2.45, 2.75) is 141 Å². The molecule has 0 fully saturated rings. The van der Waals surface area contributed by atoms with Crippen molar-refractivity contribution in [2.75, 3.05) is 27.4 Å². The molecule has 2 aliphatic rings. The third-order valence-corrected chi connectivity index (χ3v) is 7.52. The van der Waals surface area contributed by atoms with Crippen LogP contribution < -0.4 is 0 Å². The molecule has 0 heterocycles. The predicted molar refractivity (Wildman–Crippen MR) is 140 cm³/mol. The van der Waals surface area contributed by atoms with Gasteiger partial charge in [-0.25, -0.2) is 0 Å². The highest BCUT2D eigenvalue weighted by molar-refractivity contribution is 5.16. The number of hydrogen-bond donors (Lipinski definition) is 0. The molecule has 3 heteroatoms. The number of hydrogen-bond acceptors (Lipinski definition) is 3. The minimum Gasteiger partial charge on any atom is -0.466 e. The van der Waals surface area contributed by atoms with E-state index in [-0.39, 0.29) is 0 Å². The zero-order valence-corrected chi connectivity index (χ0v) is 22.2. The van der Waals surface area contributed by atoms with E-state index in [0.29, 0.717) is 0 Å². The second-order valence-corrected chi connectivity index (χ2v) is 10.3. The summed E-state index contributed by atoms with van der Waals surface area (Å²) in [4.78, 5) is 0. The van der Waals surface area contributed by atoms with Crippen LogP contribution in [0.1, 0.15) is 141 Å². The average molecular weight is 463 g/mol. The number of methoxy groups -OCH3 is 2. The van der Waals surface area contributed by atoms with Crippen molar-refractivity contribution >= 4 is 0 Å². The fourth-order valence-corrected chi connectivity index (χ4v) is 5.38. The van der Waals surface area contributed by atoms with Gasteiger partial charge in [0.25, 0.3) is 0 Å². The van der Waals surface area contributed by atoms with Crippen LogP contribution >= 0.6 is 0 Å². The Morgan fingerprint density at radius 2 is 0.727 bits per heavy atom. The number of allylic oxidation sites excluding steroid dienone is 2. The second-order valence-electron chi connectivity index (χ2n) is 10.3. The standard InChI is InChI=1S/C30H54O3/c1-31-25-23-27-19-15-11-7-3-5-9-13-17-21-29(27)33-30-22-18-14-10-6-4-8-12-16-20-28(30)24-26-32-2/h3-26H2,1-2H3. The van der Waals surface area contributed by atoms with Gasteiger partial charge < -0.3 is 14.2 Å². The maximum absolute atomic E-state index is 7.01. The van der Waals surface area contributed by atoms with Crippen LogP contribution in [0.2, 0.25) is 0 Å². The third kappa shape index (κ3) is 13.0. The van der Waals surface area contributed by atoms with Crippen molar-refractivity contribution in [1.82, 2.24) is 0 Å². The monoisotopic (exact) mass is 462 g/mol. The maximum atomic E-state index is 7.01. The molecule has 3 nitrogen and oxygen atoms in total. The van der Waals surface area contributed by atoms with E-state index in [9.17, 15) is 0 Å². The van der Waals surface area contributed by atoms with E-state index in [1.165, 1.54) is 138 Å². The second kappa shape index (κ2) is 19.5. The summed E-state index contributed by atoms with van der Waals surface area (Å²) >= 11 is 0. The van der Waals surface area contributed by atoms with Gasteiger partial charge in [-0.2, -0.15) is 0 Å². The highest BCUT2D eigenvalue weighted by Crippen LogP contribution is 2.31. The zero-order chi connectivity index (χ0) is 23.4. The topological polar surface area (TPSA) is 27.7 Å². The van der Waals surface area contributed by atoms with Crippen LogP contribution in [0.4, 0.5) is 0 Å². The summed E-state index contributed by atoms with van der Waals surface area (Å²) in [5, 5.41) is 0. The highest BCUT2D eigenvalue weighted by Gasteiger charge is 2.16. The molecule has 0 saturated carbocycles. The molecule has 33 heavy (non-hydrogen) atoms. The van der Waals surface area contributed by atoms with Crippen LogP contribution in [0.3, 0.4) is 0 Å². The third-order valence-electron chi connectivity index (χ3n) is 7.52. The Morgan fingerprint density at radius 3 is 1.06 bits per heavy atom. The molecule has 0 amide bonds. The summed E-state index contributed by atoms with van der Waals surface area (Å²) < 4.78 is 18.0. The van der Waals surface area contributed by atoms with Gasteiger partial charge >= 0.3 is 0 Å². The van der Waals surface area contributed by atoms with E-state index in [1.54, 1.807) is 0 Å². The van der Waals surface area contributed by atoms with E-state index in [4.69, 9.17) is 14.2 Å². The van der Waals surface area contributed by atoms with Gasteiger partial charge in [-0.15, -0.1) is 0 Å². The summed E-state index contributed by atoms with van der Waals surface area (Å²) in [6.45, 7) is 1.61. The van der Waals surface area contributed by atoms with Gasteiger partial charge in [0.15, 0.2) is 0 Å². The van der Waals surface area contributed by atoms with Crippen molar-refractivity contribution in [3.63, 3.8) is 0 Å². The molecule has 0 aliphatic heterocycles. The van der Waals surface area contributed by atoms with Gasteiger partial charge in [-0.05, 0) is 62.5 Å². The number of rotatable bonds is 8. The van der Waals surface area contributed by atoms with Gasteiger partial charge in [0.05, 0.1) is 13.2 Å². The fourth-order valence-electron chi connectivity index (χ4n) is 5.38. The van der Waals surface area contributed by atoms with E-state index in [0.717, 1.165) is 38.9 Å². The molecule has 0 saturated heterocycles. The quantitative estimate of drug-likeness (QED) is 0.359. The van der Waals surface area contributed by atoms with E-state index >= 15 is 0 Å². The van der Waals surface area contributed by atoms with Crippen molar-refractivity contribution in [3.05, 3.63) is 22.7 Å². The molecule has 0 bridgehead atoms. The average Bonchev–Trinajstić information content (AvgIpc) is 2.81. The Balaban J connectivity index is 2.27. The van der Waals surface area contributed by atoms with Crippen molar-refractivity contribution in [2.24, 2.45) is 0 Å². The van der Waals surface area contributed by atoms with Gasteiger partial charge in [-0.3, -0.25) is 0 Å². The Labute approximate surface area is 205 Å². The predicted octanol–water partition coefficient (Wildman–Crippen LogP) is 9.41. The molecular weight excluding hydrogens is 408 g/mol. The Kier molecular flexibility index (Phi) is 16.8. The molecule has 2 rings (SSSR count). The molecular formula is C30H54O3. The van der Waals surface area contributed by atoms with Gasteiger partial charge in [0.1, 0.15) is 11.5 Å².